The van der Waals surface area contributed by atoms with Gasteiger partial charge in [0.2, 0.25) is 17.7 Å². The number of hydrogen-bond donors (Lipinski definition) is 3. The molecule has 3 aliphatic carbocycles. The molecule has 0 bridgehead atoms. The lowest BCUT2D eigenvalue weighted by atomic mass is 10.1. The number of rotatable bonds is 3. The molecular weight excluding hydrogens is 378 g/mol. The topological polar surface area (TPSA) is 87.3 Å². The lowest BCUT2D eigenvalue weighted by molar-refractivity contribution is -0.124. The van der Waals surface area contributed by atoms with Crippen molar-refractivity contribution >= 4 is 17.7 Å². The average molecular weight is 436 g/mol. The van der Waals surface area contributed by atoms with Gasteiger partial charge in [-0.15, -0.1) is 0 Å². The molecule has 4 unspecified atom stereocenters. The standard InChI is InChI=1S/3C8H15NO/c3*1-8(2,3)9-7(10)6-4-5-6/h3*6H,4-5H2,1-3H3,(H,9,10)/i4D2,5D2,6D;4D,5D2,6D;4D,5D,6D. The van der Waals surface area contributed by atoms with E-state index in [-0.39, 0.29) is 0 Å². The summed E-state index contributed by atoms with van der Waals surface area (Å²) in [5.74, 6) is -7.89. The van der Waals surface area contributed by atoms with E-state index in [4.69, 9.17) is 16.4 Å². The van der Waals surface area contributed by atoms with E-state index in [0.717, 1.165) is 0 Å². The summed E-state index contributed by atoms with van der Waals surface area (Å²) < 4.78 is 88.2. The van der Waals surface area contributed by atoms with Gasteiger partial charge in [-0.3, -0.25) is 14.4 Å². The van der Waals surface area contributed by atoms with Crippen LogP contribution in [0.4, 0.5) is 0 Å². The molecule has 0 spiro atoms. The molecule has 3 N–H and O–H groups in total. The Hall–Kier alpha value is -1.59. The minimum atomic E-state index is -2.42. The molecule has 0 saturated heterocycles. The van der Waals surface area contributed by atoms with E-state index in [9.17, 15) is 14.4 Å². The molecule has 0 aromatic heterocycles. The Labute approximate surface area is 200 Å². The Kier molecular flexibility index (Phi) is 4.42. The van der Waals surface area contributed by atoms with Crippen molar-refractivity contribution in [2.45, 2.75) is 117 Å². The molecule has 0 aromatic carbocycles. The first-order chi connectivity index (χ1) is 18.1. The maximum Gasteiger partial charge on any atom is 0.223 e. The second-order valence-electron chi connectivity index (χ2n) is 10.2. The first-order valence-electron chi connectivity index (χ1n) is 16.1. The van der Waals surface area contributed by atoms with Crippen LogP contribution in [0.2, 0.25) is 0 Å². The van der Waals surface area contributed by atoms with Gasteiger partial charge in [0.25, 0.3) is 0 Å². The molecule has 3 aliphatic rings. The first-order valence-corrected chi connectivity index (χ1v) is 9.85. The molecule has 3 fully saturated rings. The van der Waals surface area contributed by atoms with E-state index >= 15 is 0 Å². The summed E-state index contributed by atoms with van der Waals surface area (Å²) in [7, 11) is 0. The molecular formula is C24H45N3O3. The first kappa shape index (κ1) is 13.1. The Morgan fingerprint density at radius 3 is 1.13 bits per heavy atom. The molecule has 3 rings (SSSR count). The Morgan fingerprint density at radius 2 is 0.900 bits per heavy atom. The quantitative estimate of drug-likeness (QED) is 0.627. The minimum Gasteiger partial charge on any atom is -0.351 e. The van der Waals surface area contributed by atoms with Crippen LogP contribution in [0.25, 0.3) is 0 Å². The van der Waals surface area contributed by atoms with Crippen molar-refractivity contribution in [1.29, 1.82) is 0 Å². The van der Waals surface area contributed by atoms with Crippen LogP contribution in [0.3, 0.4) is 0 Å². The zero-order valence-electron chi connectivity index (χ0n) is 31.5. The molecule has 0 radical (unpaired) electrons. The summed E-state index contributed by atoms with van der Waals surface area (Å²) in [5, 5.41) is 7.56. The fourth-order valence-electron chi connectivity index (χ4n) is 1.73. The van der Waals surface area contributed by atoms with Crippen molar-refractivity contribution in [2.75, 3.05) is 0 Å². The molecule has 30 heavy (non-hydrogen) atoms. The van der Waals surface area contributed by atoms with Crippen molar-refractivity contribution in [3.63, 3.8) is 0 Å². The molecule has 0 aromatic rings. The highest BCUT2D eigenvalue weighted by molar-refractivity contribution is 5.82. The zero-order chi connectivity index (χ0) is 34.1. The third-order valence-corrected chi connectivity index (χ3v) is 3.07. The third-order valence-electron chi connectivity index (χ3n) is 3.07. The summed E-state index contributed by atoms with van der Waals surface area (Å²) in [5.41, 5.74) is -1.49. The third kappa shape index (κ3) is 14.4. The number of carbonyl (C=O) groups is 3. The fourth-order valence-corrected chi connectivity index (χ4v) is 1.73. The van der Waals surface area contributed by atoms with Crippen molar-refractivity contribution in [3.05, 3.63) is 0 Å². The molecule has 6 heteroatoms. The van der Waals surface area contributed by atoms with Gasteiger partial charge in [0.15, 0.2) is 0 Å². The smallest absolute Gasteiger partial charge is 0.223 e. The van der Waals surface area contributed by atoms with E-state index in [2.05, 4.69) is 16.0 Å². The summed E-state index contributed by atoms with van der Waals surface area (Å²) in [6.45, 7) is 15.8. The highest BCUT2D eigenvalue weighted by Gasteiger charge is 2.32. The summed E-state index contributed by atoms with van der Waals surface area (Å²) in [6, 6.07) is 0. The van der Waals surface area contributed by atoms with Crippen molar-refractivity contribution in [2.24, 2.45) is 17.7 Å². The molecule has 4 atom stereocenters. The van der Waals surface area contributed by atoms with Crippen LogP contribution in [-0.4, -0.2) is 34.3 Å². The summed E-state index contributed by atoms with van der Waals surface area (Å²) >= 11 is 0. The van der Waals surface area contributed by atoms with Gasteiger partial charge >= 0.3 is 0 Å². The van der Waals surface area contributed by atoms with E-state index < -0.39 is 90.3 Å². The lowest BCUT2D eigenvalue weighted by Crippen LogP contribution is -2.41. The van der Waals surface area contributed by atoms with Crippen LogP contribution in [0.15, 0.2) is 0 Å². The highest BCUT2D eigenvalue weighted by Crippen LogP contribution is 2.30. The molecule has 3 amide bonds. The fraction of sp³-hybridized carbons (Fsp3) is 0.875. The number of hydrogen-bond acceptors (Lipinski definition) is 3. The van der Waals surface area contributed by atoms with Gasteiger partial charge in [0.05, 0.1) is 0 Å². The van der Waals surface area contributed by atoms with Crippen LogP contribution < -0.4 is 16.0 Å². The van der Waals surface area contributed by atoms with E-state index in [1.165, 1.54) is 0 Å². The SMILES string of the molecule is [2H]C1([2H])C([2H])([2H])C1([2H])C(=O)NC(C)(C)C.[2H]C1C([2H])([2H])C1([2H])C(=O)NC(C)(C)C.[2H]C1C([2H])C1([2H])C(=O)NC(C)(C)C. The number of amides is 3. The van der Waals surface area contributed by atoms with Gasteiger partial charge in [-0.1, -0.05) is 0 Å². The summed E-state index contributed by atoms with van der Waals surface area (Å²) in [6.07, 6.45) is -9.94. The van der Waals surface area contributed by atoms with Crippen LogP contribution in [0.1, 0.15) is 117 Å². The van der Waals surface area contributed by atoms with E-state index in [1.54, 1.807) is 41.5 Å². The molecule has 6 nitrogen and oxygen atoms in total. The van der Waals surface area contributed by atoms with Gasteiger partial charge in [0, 0.05) is 50.7 Å². The van der Waals surface area contributed by atoms with Crippen LogP contribution in [0.5, 0.6) is 0 Å². The Balaban J connectivity index is 0.000000316. The van der Waals surface area contributed by atoms with Crippen molar-refractivity contribution < 1.29 is 30.8 Å². The van der Waals surface area contributed by atoms with Gasteiger partial charge in [-0.25, -0.2) is 0 Å². The van der Waals surface area contributed by atoms with Crippen LogP contribution in [0, 0.1) is 17.7 Å². The predicted octanol–water partition coefficient (Wildman–Crippen LogP) is 3.93. The lowest BCUT2D eigenvalue weighted by Gasteiger charge is -2.20. The van der Waals surface area contributed by atoms with E-state index in [1.807, 2.05) is 20.8 Å². The van der Waals surface area contributed by atoms with Crippen molar-refractivity contribution in [3.8, 4) is 0 Å². The maximum atomic E-state index is 11.6. The summed E-state index contributed by atoms with van der Waals surface area (Å²) in [4.78, 5) is 34.5. The molecule has 174 valence electrons. The van der Waals surface area contributed by atoms with Crippen LogP contribution >= 0.6 is 0 Å². The van der Waals surface area contributed by atoms with Gasteiger partial charge in [-0.2, -0.15) is 0 Å². The Morgan fingerprint density at radius 1 is 0.600 bits per heavy atom. The molecule has 0 aliphatic heterocycles. The van der Waals surface area contributed by atoms with Crippen LogP contribution in [-0.2, 0) is 14.4 Å². The predicted molar refractivity (Wildman–Crippen MR) is 122 cm³/mol. The Bertz CT molecular complexity index is 1060. The van der Waals surface area contributed by atoms with Crippen molar-refractivity contribution in [1.82, 2.24) is 16.0 Å². The second kappa shape index (κ2) is 10.1. The molecule has 0 heterocycles. The highest BCUT2D eigenvalue weighted by atomic mass is 16.2. The monoisotopic (exact) mass is 435 g/mol. The van der Waals surface area contributed by atoms with Gasteiger partial charge < -0.3 is 16.0 Å². The average Bonchev–Trinajstić information content (AvgIpc) is 3.50. The largest absolute Gasteiger partial charge is 0.351 e. The normalized spacial score (nSPS) is 46.5. The number of nitrogens with one attached hydrogen (secondary N) is 3. The maximum absolute atomic E-state index is 11.6. The van der Waals surface area contributed by atoms with E-state index in [0.29, 0.717) is 0 Å². The number of carbonyl (C=O) groups excluding carboxylic acids is 3. The second-order valence-corrected chi connectivity index (χ2v) is 10.2. The van der Waals surface area contributed by atoms with Gasteiger partial charge in [0.1, 0.15) is 0 Å². The minimum absolute atomic E-state index is 0.396. The van der Waals surface area contributed by atoms with Gasteiger partial charge in [-0.05, 0) is 101 Å². The molecule has 3 saturated carbocycles. The zero-order valence-corrected chi connectivity index (χ0v) is 19.5.